The normalized spacial score (nSPS) is 10.3. The zero-order valence-corrected chi connectivity index (χ0v) is 24.8. The van der Waals surface area contributed by atoms with Crippen LogP contribution in [0.2, 0.25) is 0 Å². The summed E-state index contributed by atoms with van der Waals surface area (Å²) in [5.41, 5.74) is 0. The molecule has 0 N–H and O–H groups in total. The topological polar surface area (TPSA) is 36.9 Å². The van der Waals surface area contributed by atoms with Gasteiger partial charge in [-0.25, -0.2) is 12.1 Å². The Hall–Kier alpha value is -0.385. The van der Waals surface area contributed by atoms with Gasteiger partial charge in [0.2, 0.25) is 0 Å². The van der Waals surface area contributed by atoms with E-state index in [-0.39, 0.29) is 37.7 Å². The van der Waals surface area contributed by atoms with Crippen molar-refractivity contribution in [3.8, 4) is 23.0 Å². The molecule has 1 aromatic carbocycles. The Morgan fingerprint density at radius 3 is 0.778 bits per heavy atom. The summed E-state index contributed by atoms with van der Waals surface area (Å²) in [5, 5.41) is 0. The Bertz CT molecular complexity index is 500. The van der Waals surface area contributed by atoms with Crippen LogP contribution in [0.25, 0.3) is 0 Å². The minimum Gasteiger partial charge on any atom is -0.573 e. The van der Waals surface area contributed by atoms with Crippen LogP contribution in [-0.2, 0) is 0 Å². The molecule has 0 aliphatic carbocycles. The van der Waals surface area contributed by atoms with E-state index in [0.29, 0.717) is 49.4 Å². The van der Waals surface area contributed by atoms with Gasteiger partial charge in [-0.1, -0.05) is 128 Å². The predicted octanol–water partition coefficient (Wildman–Crippen LogP) is 3.13. The van der Waals surface area contributed by atoms with E-state index in [0.717, 1.165) is 25.7 Å². The number of benzene rings is 1. The summed E-state index contributed by atoms with van der Waals surface area (Å²) < 4.78 is 24.5. The standard InChI is InChI=1S/C30H52O4.2Li/c1-5-9-13-17-21-31-27-25-29(33-23-19-15-11-7-3)30(34-24-20-16-12-8-4)26-28(27)32-22-18-14-10-6-2;;/h5-24H2,1-4H3;;/q-2;2*+1. The van der Waals surface area contributed by atoms with Gasteiger partial charge < -0.3 is 18.9 Å². The Kier molecular flexibility index (Phi) is 29.0. The van der Waals surface area contributed by atoms with Crippen molar-refractivity contribution in [2.45, 2.75) is 130 Å². The van der Waals surface area contributed by atoms with Gasteiger partial charge in [0.15, 0.2) is 0 Å². The molecular formula is C30H52Li2O4. The molecular weight excluding hydrogens is 438 g/mol. The van der Waals surface area contributed by atoms with Gasteiger partial charge in [-0.3, -0.25) is 0 Å². The molecule has 198 valence electrons. The molecule has 0 radical (unpaired) electrons. The minimum atomic E-state index is 0. The molecule has 4 nitrogen and oxygen atoms in total. The van der Waals surface area contributed by atoms with Crippen LogP contribution in [0, 0.1) is 12.1 Å². The molecule has 0 atom stereocenters. The van der Waals surface area contributed by atoms with Crippen LogP contribution in [0.4, 0.5) is 0 Å². The fourth-order valence-electron chi connectivity index (χ4n) is 3.65. The Balaban J connectivity index is 0. The molecule has 0 fully saturated rings. The molecule has 0 aliphatic rings. The summed E-state index contributed by atoms with van der Waals surface area (Å²) in [5.74, 6) is 2.42. The second-order valence-electron chi connectivity index (χ2n) is 9.20. The second kappa shape index (κ2) is 27.6. The fraction of sp³-hybridized carbons (Fsp3) is 0.800. The van der Waals surface area contributed by atoms with E-state index in [4.69, 9.17) is 18.9 Å². The molecule has 0 unspecified atom stereocenters. The number of ether oxygens (including phenoxy) is 4. The van der Waals surface area contributed by atoms with Crippen LogP contribution in [0.3, 0.4) is 0 Å². The number of rotatable bonds is 24. The monoisotopic (exact) mass is 490 g/mol. The van der Waals surface area contributed by atoms with Gasteiger partial charge >= 0.3 is 37.7 Å². The zero-order chi connectivity index (χ0) is 24.7. The van der Waals surface area contributed by atoms with Gasteiger partial charge in [-0.15, -0.1) is 0 Å². The molecule has 0 heterocycles. The van der Waals surface area contributed by atoms with Gasteiger partial charge in [0.05, 0.1) is 26.4 Å². The number of unbranched alkanes of at least 4 members (excludes halogenated alkanes) is 12. The molecule has 6 heteroatoms. The van der Waals surface area contributed by atoms with E-state index in [1.165, 1.54) is 77.0 Å². The number of hydrogen-bond donors (Lipinski definition) is 0. The zero-order valence-electron chi connectivity index (χ0n) is 24.8. The Labute approximate surface area is 247 Å². The summed E-state index contributed by atoms with van der Waals surface area (Å²) in [4.78, 5) is 0. The molecule has 0 amide bonds. The van der Waals surface area contributed by atoms with Crippen LogP contribution >= 0.6 is 0 Å². The molecule has 0 saturated carbocycles. The molecule has 0 aliphatic heterocycles. The van der Waals surface area contributed by atoms with Gasteiger partial charge in [0.1, 0.15) is 0 Å². The molecule has 0 spiro atoms. The fourth-order valence-corrected chi connectivity index (χ4v) is 3.65. The van der Waals surface area contributed by atoms with Crippen molar-refractivity contribution in [1.82, 2.24) is 0 Å². The van der Waals surface area contributed by atoms with Crippen LogP contribution in [0.5, 0.6) is 23.0 Å². The molecule has 0 saturated heterocycles. The van der Waals surface area contributed by atoms with Crippen LogP contribution < -0.4 is 56.7 Å². The van der Waals surface area contributed by atoms with Gasteiger partial charge in [-0.05, 0) is 25.7 Å². The van der Waals surface area contributed by atoms with Crippen molar-refractivity contribution in [3.05, 3.63) is 12.1 Å². The Morgan fingerprint density at radius 1 is 0.361 bits per heavy atom. The summed E-state index contributed by atoms with van der Waals surface area (Å²) in [6.07, 6.45) is 18.6. The quantitative estimate of drug-likeness (QED) is 0.127. The first-order valence-corrected chi connectivity index (χ1v) is 14.3. The summed E-state index contributed by atoms with van der Waals surface area (Å²) in [7, 11) is 0. The SMILES string of the molecule is CCCCCCOc1[c-]c(OCCCCCC)c(OCCCCCC)[c-]c1OCCCCCC.[Li+].[Li+]. The smallest absolute Gasteiger partial charge is 0.573 e. The van der Waals surface area contributed by atoms with Gasteiger partial charge in [0, 0.05) is 0 Å². The van der Waals surface area contributed by atoms with Gasteiger partial charge in [0.25, 0.3) is 0 Å². The Morgan fingerprint density at radius 2 is 0.583 bits per heavy atom. The van der Waals surface area contributed by atoms with Crippen LogP contribution in [0.1, 0.15) is 130 Å². The van der Waals surface area contributed by atoms with Gasteiger partial charge in [-0.2, -0.15) is 0 Å². The van der Waals surface area contributed by atoms with Crippen LogP contribution in [-0.4, -0.2) is 26.4 Å². The third-order valence-corrected chi connectivity index (χ3v) is 5.84. The minimum absolute atomic E-state index is 0. The average Bonchev–Trinajstić information content (AvgIpc) is 2.84. The van der Waals surface area contributed by atoms with E-state index in [9.17, 15) is 0 Å². The van der Waals surface area contributed by atoms with E-state index in [2.05, 4.69) is 39.8 Å². The maximum atomic E-state index is 6.11. The third kappa shape index (κ3) is 18.8. The third-order valence-electron chi connectivity index (χ3n) is 5.84. The second-order valence-corrected chi connectivity index (χ2v) is 9.20. The van der Waals surface area contributed by atoms with Crippen molar-refractivity contribution in [2.24, 2.45) is 0 Å². The molecule has 0 bridgehead atoms. The van der Waals surface area contributed by atoms with Crippen molar-refractivity contribution in [1.29, 1.82) is 0 Å². The first-order valence-electron chi connectivity index (χ1n) is 14.3. The maximum Gasteiger partial charge on any atom is 1.00 e. The van der Waals surface area contributed by atoms with Crippen molar-refractivity contribution >= 4 is 0 Å². The first-order chi connectivity index (χ1) is 16.8. The van der Waals surface area contributed by atoms with E-state index < -0.39 is 0 Å². The predicted molar refractivity (Wildman–Crippen MR) is 143 cm³/mol. The van der Waals surface area contributed by atoms with E-state index in [1.54, 1.807) is 0 Å². The van der Waals surface area contributed by atoms with E-state index in [1.807, 2.05) is 0 Å². The molecule has 0 aromatic heterocycles. The average molecular weight is 491 g/mol. The van der Waals surface area contributed by atoms with Crippen LogP contribution in [0.15, 0.2) is 0 Å². The van der Waals surface area contributed by atoms with E-state index >= 15 is 0 Å². The first kappa shape index (κ1) is 37.8. The van der Waals surface area contributed by atoms with Crippen molar-refractivity contribution < 1.29 is 56.7 Å². The summed E-state index contributed by atoms with van der Waals surface area (Å²) >= 11 is 0. The largest absolute Gasteiger partial charge is 1.00 e. The molecule has 36 heavy (non-hydrogen) atoms. The van der Waals surface area contributed by atoms with Crippen molar-refractivity contribution in [2.75, 3.05) is 26.4 Å². The number of hydrogen-bond acceptors (Lipinski definition) is 4. The van der Waals surface area contributed by atoms with Crippen molar-refractivity contribution in [3.63, 3.8) is 0 Å². The maximum absolute atomic E-state index is 6.11. The summed E-state index contributed by atoms with van der Waals surface area (Å²) in [6, 6.07) is 6.68. The molecule has 1 rings (SSSR count). The summed E-state index contributed by atoms with van der Waals surface area (Å²) in [6.45, 7) is 11.5. The molecule has 1 aromatic rings.